The maximum absolute atomic E-state index is 5.60. The van der Waals surface area contributed by atoms with Crippen LogP contribution in [-0.2, 0) is 11.2 Å². The minimum Gasteiger partial charge on any atom is -0.378 e. The van der Waals surface area contributed by atoms with E-state index in [1.807, 2.05) is 6.07 Å². The predicted octanol–water partition coefficient (Wildman–Crippen LogP) is 1.61. The van der Waals surface area contributed by atoms with E-state index in [0.717, 1.165) is 37.4 Å². The standard InChI is InChI=1S/C12H20N4O/c1-8(2)10-7-12(16-13)15-11(14-10)6-9-4-3-5-17-9/h7-9H,3-6,13H2,1-2H3,(H,14,15,16). The van der Waals surface area contributed by atoms with Gasteiger partial charge in [0.1, 0.15) is 11.6 Å². The van der Waals surface area contributed by atoms with Gasteiger partial charge in [-0.25, -0.2) is 15.8 Å². The van der Waals surface area contributed by atoms with Crippen LogP contribution in [0.15, 0.2) is 6.07 Å². The molecule has 1 atom stereocenters. The molecule has 1 aliphatic heterocycles. The fraction of sp³-hybridized carbons (Fsp3) is 0.667. The van der Waals surface area contributed by atoms with E-state index in [2.05, 4.69) is 29.2 Å². The van der Waals surface area contributed by atoms with Crippen LogP contribution in [0.3, 0.4) is 0 Å². The van der Waals surface area contributed by atoms with Crippen LogP contribution in [0.2, 0.25) is 0 Å². The highest BCUT2D eigenvalue weighted by Crippen LogP contribution is 2.19. The smallest absolute Gasteiger partial charge is 0.143 e. The van der Waals surface area contributed by atoms with Crippen LogP contribution in [0.5, 0.6) is 0 Å². The van der Waals surface area contributed by atoms with E-state index in [4.69, 9.17) is 10.6 Å². The molecule has 0 spiro atoms. The van der Waals surface area contributed by atoms with Gasteiger partial charge >= 0.3 is 0 Å². The minimum atomic E-state index is 0.267. The van der Waals surface area contributed by atoms with Crippen LogP contribution in [0.1, 0.15) is 44.1 Å². The molecule has 0 saturated carbocycles. The second-order valence-corrected chi connectivity index (χ2v) is 4.73. The third-order valence-corrected chi connectivity index (χ3v) is 2.97. The fourth-order valence-electron chi connectivity index (χ4n) is 1.99. The average molecular weight is 236 g/mol. The van der Waals surface area contributed by atoms with E-state index in [-0.39, 0.29) is 6.10 Å². The summed E-state index contributed by atoms with van der Waals surface area (Å²) in [6.07, 6.45) is 3.27. The number of anilines is 1. The average Bonchev–Trinajstić information content (AvgIpc) is 2.81. The molecule has 0 amide bonds. The van der Waals surface area contributed by atoms with Crippen molar-refractivity contribution in [3.63, 3.8) is 0 Å². The normalized spacial score (nSPS) is 19.9. The number of hydrogen-bond acceptors (Lipinski definition) is 5. The molecule has 94 valence electrons. The zero-order valence-corrected chi connectivity index (χ0v) is 10.4. The van der Waals surface area contributed by atoms with Gasteiger partial charge in [0.2, 0.25) is 0 Å². The Hall–Kier alpha value is -1.20. The van der Waals surface area contributed by atoms with E-state index in [1.165, 1.54) is 0 Å². The molecule has 1 aliphatic rings. The van der Waals surface area contributed by atoms with Gasteiger partial charge in [-0.05, 0) is 18.8 Å². The molecule has 2 heterocycles. The molecule has 1 aromatic rings. The lowest BCUT2D eigenvalue weighted by Crippen LogP contribution is -2.16. The molecule has 1 unspecified atom stereocenters. The van der Waals surface area contributed by atoms with Gasteiger partial charge in [0.15, 0.2) is 0 Å². The molecule has 0 bridgehead atoms. The summed E-state index contributed by atoms with van der Waals surface area (Å²) in [7, 11) is 0. The molecule has 0 aliphatic carbocycles. The number of aromatic nitrogens is 2. The Balaban J connectivity index is 2.16. The first-order valence-electron chi connectivity index (χ1n) is 6.15. The number of rotatable bonds is 4. The van der Waals surface area contributed by atoms with Crippen molar-refractivity contribution in [3.05, 3.63) is 17.6 Å². The number of nitrogens with zero attached hydrogens (tertiary/aromatic N) is 2. The lowest BCUT2D eigenvalue weighted by atomic mass is 10.1. The minimum absolute atomic E-state index is 0.267. The molecule has 1 fully saturated rings. The van der Waals surface area contributed by atoms with Crippen LogP contribution in [0.25, 0.3) is 0 Å². The molecule has 5 heteroatoms. The Morgan fingerprint density at radius 2 is 2.35 bits per heavy atom. The maximum atomic E-state index is 5.60. The van der Waals surface area contributed by atoms with Gasteiger partial charge in [-0.15, -0.1) is 0 Å². The molecule has 1 aromatic heterocycles. The number of hydrazine groups is 1. The fourth-order valence-corrected chi connectivity index (χ4v) is 1.99. The van der Waals surface area contributed by atoms with Gasteiger partial charge in [-0.1, -0.05) is 13.8 Å². The summed E-state index contributed by atoms with van der Waals surface area (Å²) in [5, 5.41) is 0. The van der Waals surface area contributed by atoms with E-state index in [0.29, 0.717) is 11.7 Å². The Kier molecular flexibility index (Phi) is 3.91. The first kappa shape index (κ1) is 12.3. The van der Waals surface area contributed by atoms with Crippen molar-refractivity contribution in [2.75, 3.05) is 12.0 Å². The monoisotopic (exact) mass is 236 g/mol. The third-order valence-electron chi connectivity index (χ3n) is 2.97. The van der Waals surface area contributed by atoms with Gasteiger partial charge in [-0.2, -0.15) is 0 Å². The summed E-state index contributed by atoms with van der Waals surface area (Å²) in [6, 6.07) is 1.89. The summed E-state index contributed by atoms with van der Waals surface area (Å²) in [5.41, 5.74) is 3.61. The Bertz CT molecular complexity index is 375. The quantitative estimate of drug-likeness (QED) is 0.613. The van der Waals surface area contributed by atoms with Gasteiger partial charge in [-0.3, -0.25) is 0 Å². The van der Waals surface area contributed by atoms with Crippen molar-refractivity contribution in [2.24, 2.45) is 5.84 Å². The Morgan fingerprint density at radius 1 is 1.53 bits per heavy atom. The molecule has 1 saturated heterocycles. The van der Waals surface area contributed by atoms with E-state index < -0.39 is 0 Å². The lowest BCUT2D eigenvalue weighted by Gasteiger charge is -2.12. The highest BCUT2D eigenvalue weighted by Gasteiger charge is 2.18. The van der Waals surface area contributed by atoms with E-state index in [9.17, 15) is 0 Å². The molecular formula is C12H20N4O. The van der Waals surface area contributed by atoms with E-state index >= 15 is 0 Å². The molecule has 2 rings (SSSR count). The largest absolute Gasteiger partial charge is 0.378 e. The van der Waals surface area contributed by atoms with Gasteiger partial charge in [0.25, 0.3) is 0 Å². The summed E-state index contributed by atoms with van der Waals surface area (Å²) < 4.78 is 5.60. The number of hydrogen-bond donors (Lipinski definition) is 2. The van der Waals surface area contributed by atoms with Crippen molar-refractivity contribution in [2.45, 2.75) is 45.1 Å². The number of nitrogens with two attached hydrogens (primary N) is 1. The molecule has 0 radical (unpaired) electrons. The van der Waals surface area contributed by atoms with Crippen LogP contribution >= 0.6 is 0 Å². The van der Waals surface area contributed by atoms with Crippen LogP contribution in [0, 0.1) is 0 Å². The number of nitrogen functional groups attached to an aromatic ring is 1. The van der Waals surface area contributed by atoms with Crippen molar-refractivity contribution in [1.82, 2.24) is 9.97 Å². The van der Waals surface area contributed by atoms with Crippen molar-refractivity contribution in [3.8, 4) is 0 Å². The third kappa shape index (κ3) is 3.14. The Labute approximate surface area is 102 Å². The van der Waals surface area contributed by atoms with Crippen molar-refractivity contribution in [1.29, 1.82) is 0 Å². The zero-order valence-electron chi connectivity index (χ0n) is 10.4. The Morgan fingerprint density at radius 3 is 2.94 bits per heavy atom. The number of nitrogens with one attached hydrogen (secondary N) is 1. The maximum Gasteiger partial charge on any atom is 0.143 e. The second-order valence-electron chi connectivity index (χ2n) is 4.73. The number of ether oxygens (including phenoxy) is 1. The van der Waals surface area contributed by atoms with Crippen LogP contribution in [0.4, 0.5) is 5.82 Å². The highest BCUT2D eigenvalue weighted by atomic mass is 16.5. The summed E-state index contributed by atoms with van der Waals surface area (Å²) in [5.74, 6) is 7.29. The second kappa shape index (κ2) is 5.42. The first-order valence-corrected chi connectivity index (χ1v) is 6.15. The van der Waals surface area contributed by atoms with Crippen molar-refractivity contribution < 1.29 is 4.74 Å². The first-order chi connectivity index (χ1) is 8.19. The summed E-state index contributed by atoms with van der Waals surface area (Å²) in [6.45, 7) is 5.08. The van der Waals surface area contributed by atoms with Gasteiger partial charge in [0.05, 0.1) is 6.10 Å². The molecule has 3 N–H and O–H groups in total. The van der Waals surface area contributed by atoms with Gasteiger partial charge in [0, 0.05) is 24.8 Å². The zero-order chi connectivity index (χ0) is 12.3. The van der Waals surface area contributed by atoms with Gasteiger partial charge < -0.3 is 10.2 Å². The molecular weight excluding hydrogens is 216 g/mol. The summed E-state index contributed by atoms with van der Waals surface area (Å²) >= 11 is 0. The molecule has 17 heavy (non-hydrogen) atoms. The predicted molar refractivity (Wildman–Crippen MR) is 66.6 cm³/mol. The molecule has 5 nitrogen and oxygen atoms in total. The topological polar surface area (TPSA) is 73.1 Å². The van der Waals surface area contributed by atoms with Crippen LogP contribution < -0.4 is 11.3 Å². The van der Waals surface area contributed by atoms with Crippen molar-refractivity contribution >= 4 is 5.82 Å². The SMILES string of the molecule is CC(C)c1cc(NN)nc(CC2CCCO2)n1. The molecule has 0 aromatic carbocycles. The van der Waals surface area contributed by atoms with E-state index in [1.54, 1.807) is 0 Å². The van der Waals surface area contributed by atoms with Crippen LogP contribution in [-0.4, -0.2) is 22.7 Å². The highest BCUT2D eigenvalue weighted by molar-refractivity contribution is 5.35. The summed E-state index contributed by atoms with van der Waals surface area (Å²) in [4.78, 5) is 8.93. The lowest BCUT2D eigenvalue weighted by molar-refractivity contribution is 0.110.